The van der Waals surface area contributed by atoms with Gasteiger partial charge in [-0.1, -0.05) is 12.2 Å². The monoisotopic (exact) mass is 404 g/mol. The molecule has 1 saturated carbocycles. The van der Waals surface area contributed by atoms with Crippen LogP contribution in [0.3, 0.4) is 0 Å². The lowest BCUT2D eigenvalue weighted by molar-refractivity contribution is -0.385. The minimum absolute atomic E-state index is 0.118. The number of carbonyl (C=O) groups excluding carboxylic acids is 2. The van der Waals surface area contributed by atoms with E-state index in [2.05, 4.69) is 10.1 Å². The molecule has 5 rings (SSSR count). The first-order valence-corrected chi connectivity index (χ1v) is 9.50. The van der Waals surface area contributed by atoms with Crippen LogP contribution in [0.4, 0.5) is 5.69 Å². The number of imide groups is 1. The average Bonchev–Trinajstić information content (AvgIpc) is 3.42. The molecule has 2 aliphatic carbocycles. The van der Waals surface area contributed by atoms with Gasteiger partial charge < -0.3 is 4.74 Å². The Bertz CT molecular complexity index is 1060. The molecule has 0 radical (unpaired) electrons. The van der Waals surface area contributed by atoms with E-state index in [0.717, 1.165) is 17.6 Å². The van der Waals surface area contributed by atoms with E-state index < -0.39 is 4.92 Å². The molecule has 2 bridgehead atoms. The summed E-state index contributed by atoms with van der Waals surface area (Å²) in [5.41, 5.74) is 0.575. The van der Waals surface area contributed by atoms with Crippen LogP contribution in [0, 0.1) is 33.8 Å². The summed E-state index contributed by atoms with van der Waals surface area (Å²) in [6.45, 7) is 0. The first-order chi connectivity index (χ1) is 14.5. The standard InChI is InChI=1S/C21H16N4O5/c26-20-18-13-3-4-14(9-13)19(18)21(27)24(20)23-10-12-1-6-16(7-2-12)30-17-8-5-15(11-22-17)25(28)29/h1-8,10-11,13-14,18-19H,9H2. The van der Waals surface area contributed by atoms with Crippen molar-refractivity contribution in [2.45, 2.75) is 6.42 Å². The lowest BCUT2D eigenvalue weighted by atomic mass is 9.85. The first kappa shape index (κ1) is 18.2. The Morgan fingerprint density at radius 2 is 1.73 bits per heavy atom. The van der Waals surface area contributed by atoms with E-state index in [0.29, 0.717) is 11.3 Å². The second-order valence-electron chi connectivity index (χ2n) is 7.52. The zero-order chi connectivity index (χ0) is 20.8. The zero-order valence-corrected chi connectivity index (χ0v) is 15.6. The number of ether oxygens (including phenoxy) is 1. The third-order valence-corrected chi connectivity index (χ3v) is 5.80. The number of rotatable bonds is 5. The molecule has 0 spiro atoms. The van der Waals surface area contributed by atoms with E-state index in [1.165, 1.54) is 18.3 Å². The number of hydrogen-bond acceptors (Lipinski definition) is 7. The normalized spacial score (nSPS) is 26.6. The van der Waals surface area contributed by atoms with Crippen LogP contribution in [-0.4, -0.2) is 32.9 Å². The Balaban J connectivity index is 1.25. The van der Waals surface area contributed by atoms with Crippen LogP contribution in [0.5, 0.6) is 11.6 Å². The molecule has 9 nitrogen and oxygen atoms in total. The van der Waals surface area contributed by atoms with Crippen LogP contribution in [0.15, 0.2) is 59.8 Å². The number of nitrogens with zero attached hydrogens (tertiary/aromatic N) is 4. The van der Waals surface area contributed by atoms with Crippen molar-refractivity contribution < 1.29 is 19.2 Å². The van der Waals surface area contributed by atoms with E-state index in [9.17, 15) is 19.7 Å². The Kier molecular flexibility index (Phi) is 4.16. The molecule has 2 fully saturated rings. The molecule has 4 atom stereocenters. The SMILES string of the molecule is O=C1C2C3C=CC(C3)C2C(=O)N1N=Cc1ccc(Oc2ccc([N+](=O)[O-])cn2)cc1. The zero-order valence-electron chi connectivity index (χ0n) is 15.6. The van der Waals surface area contributed by atoms with Crippen molar-refractivity contribution in [1.29, 1.82) is 0 Å². The number of hydrogen-bond donors (Lipinski definition) is 0. The highest BCUT2D eigenvalue weighted by Gasteiger charge is 2.59. The summed E-state index contributed by atoms with van der Waals surface area (Å²) in [6.07, 6.45) is 7.57. The summed E-state index contributed by atoms with van der Waals surface area (Å²) in [7, 11) is 0. The molecule has 30 heavy (non-hydrogen) atoms. The molecule has 2 amide bonds. The van der Waals surface area contributed by atoms with E-state index in [1.54, 1.807) is 24.3 Å². The lowest BCUT2D eigenvalue weighted by Gasteiger charge is -2.13. The van der Waals surface area contributed by atoms with Gasteiger partial charge in [0.15, 0.2) is 0 Å². The first-order valence-electron chi connectivity index (χ1n) is 9.50. The summed E-state index contributed by atoms with van der Waals surface area (Å²) in [6, 6.07) is 9.53. The molecule has 2 aromatic rings. The van der Waals surface area contributed by atoms with Crippen molar-refractivity contribution in [2.24, 2.45) is 28.8 Å². The number of nitro groups is 1. The molecule has 150 valence electrons. The average molecular weight is 404 g/mol. The topological polar surface area (TPSA) is 115 Å². The molecule has 1 aliphatic heterocycles. The van der Waals surface area contributed by atoms with Crippen LogP contribution < -0.4 is 4.74 Å². The van der Waals surface area contributed by atoms with Crippen molar-refractivity contribution in [3.63, 3.8) is 0 Å². The maximum Gasteiger partial charge on any atom is 0.287 e. The van der Waals surface area contributed by atoms with E-state index in [4.69, 9.17) is 4.74 Å². The van der Waals surface area contributed by atoms with Gasteiger partial charge >= 0.3 is 0 Å². The third-order valence-electron chi connectivity index (χ3n) is 5.80. The molecular formula is C21H16N4O5. The number of pyridine rings is 1. The molecule has 9 heteroatoms. The van der Waals surface area contributed by atoms with Crippen LogP contribution in [0.1, 0.15) is 12.0 Å². The second-order valence-corrected chi connectivity index (χ2v) is 7.52. The summed E-state index contributed by atoms with van der Waals surface area (Å²) in [5.74, 6) is 0.0418. The molecule has 4 unspecified atom stereocenters. The maximum atomic E-state index is 12.6. The lowest BCUT2D eigenvalue weighted by Crippen LogP contribution is -2.28. The number of fused-ring (bicyclic) bond motifs is 5. The van der Waals surface area contributed by atoms with Gasteiger partial charge in [-0.15, -0.1) is 0 Å². The predicted octanol–water partition coefficient (Wildman–Crippen LogP) is 2.92. The Morgan fingerprint density at radius 1 is 1.07 bits per heavy atom. The van der Waals surface area contributed by atoms with Gasteiger partial charge in [-0.2, -0.15) is 10.1 Å². The molecule has 3 aliphatic rings. The molecule has 1 saturated heterocycles. The van der Waals surface area contributed by atoms with E-state index in [-0.39, 0.29) is 47.1 Å². The van der Waals surface area contributed by atoms with Crippen molar-refractivity contribution in [1.82, 2.24) is 9.99 Å². The van der Waals surface area contributed by atoms with Crippen LogP contribution in [-0.2, 0) is 9.59 Å². The van der Waals surface area contributed by atoms with Gasteiger partial charge in [0.1, 0.15) is 11.9 Å². The number of aromatic nitrogens is 1. The Hall–Kier alpha value is -3.88. The van der Waals surface area contributed by atoms with Crippen molar-refractivity contribution >= 4 is 23.7 Å². The molecule has 0 N–H and O–H groups in total. The van der Waals surface area contributed by atoms with Crippen LogP contribution >= 0.6 is 0 Å². The smallest absolute Gasteiger partial charge is 0.287 e. The number of allylic oxidation sites excluding steroid dienone is 2. The van der Waals surface area contributed by atoms with Gasteiger partial charge in [-0.05, 0) is 48.1 Å². The molecular weight excluding hydrogens is 388 g/mol. The Morgan fingerprint density at radius 3 is 2.30 bits per heavy atom. The minimum atomic E-state index is -0.532. The summed E-state index contributed by atoms with van der Waals surface area (Å²) in [4.78, 5) is 39.3. The molecule has 1 aromatic carbocycles. The van der Waals surface area contributed by atoms with E-state index in [1.807, 2.05) is 12.2 Å². The number of amides is 2. The highest BCUT2D eigenvalue weighted by molar-refractivity contribution is 6.06. The van der Waals surface area contributed by atoms with Crippen LogP contribution in [0.2, 0.25) is 0 Å². The van der Waals surface area contributed by atoms with E-state index >= 15 is 0 Å². The summed E-state index contributed by atoms with van der Waals surface area (Å²) >= 11 is 0. The fourth-order valence-electron chi connectivity index (χ4n) is 4.41. The second kappa shape index (κ2) is 6.87. The van der Waals surface area contributed by atoms with Gasteiger partial charge in [0.2, 0.25) is 5.88 Å². The number of hydrazone groups is 1. The highest BCUT2D eigenvalue weighted by Crippen LogP contribution is 2.52. The van der Waals surface area contributed by atoms with Gasteiger partial charge in [-0.3, -0.25) is 19.7 Å². The minimum Gasteiger partial charge on any atom is -0.439 e. The molecule has 1 aromatic heterocycles. The molecule has 2 heterocycles. The van der Waals surface area contributed by atoms with Gasteiger partial charge in [0.25, 0.3) is 17.5 Å². The van der Waals surface area contributed by atoms with Crippen molar-refractivity contribution in [2.75, 3.05) is 0 Å². The van der Waals surface area contributed by atoms with Gasteiger partial charge in [-0.25, -0.2) is 4.98 Å². The van der Waals surface area contributed by atoms with Crippen molar-refractivity contribution in [3.05, 3.63) is 70.4 Å². The quantitative estimate of drug-likeness (QED) is 0.249. The fraction of sp³-hybridized carbons (Fsp3) is 0.238. The largest absolute Gasteiger partial charge is 0.439 e. The Labute approximate surface area is 170 Å². The predicted molar refractivity (Wildman–Crippen MR) is 105 cm³/mol. The third kappa shape index (κ3) is 2.95. The number of carbonyl (C=O) groups is 2. The van der Waals surface area contributed by atoms with Gasteiger partial charge in [0, 0.05) is 12.1 Å². The van der Waals surface area contributed by atoms with Crippen molar-refractivity contribution in [3.8, 4) is 11.6 Å². The summed E-state index contributed by atoms with van der Waals surface area (Å²) in [5, 5.41) is 15.8. The van der Waals surface area contributed by atoms with Crippen LogP contribution in [0.25, 0.3) is 0 Å². The van der Waals surface area contributed by atoms with Gasteiger partial charge in [0.05, 0.1) is 23.0 Å². The maximum absolute atomic E-state index is 12.6. The summed E-state index contributed by atoms with van der Waals surface area (Å²) < 4.78 is 5.56. The fourth-order valence-corrected chi connectivity index (χ4v) is 4.41. The highest BCUT2D eigenvalue weighted by atomic mass is 16.6. The number of benzene rings is 1.